The third kappa shape index (κ3) is 4.68. The number of hydrogen-bond donors (Lipinski definition) is 1. The molecule has 0 fully saturated rings. The van der Waals surface area contributed by atoms with Gasteiger partial charge in [0.25, 0.3) is 0 Å². The van der Waals surface area contributed by atoms with Gasteiger partial charge < -0.3 is 10.1 Å². The first-order valence-corrected chi connectivity index (χ1v) is 6.93. The molecule has 17 heavy (non-hydrogen) atoms. The van der Waals surface area contributed by atoms with Gasteiger partial charge in [0.2, 0.25) is 0 Å². The van der Waals surface area contributed by atoms with Crippen molar-refractivity contribution in [3.05, 3.63) is 28.2 Å². The average Bonchev–Trinajstić information content (AvgIpc) is 2.29. The highest BCUT2D eigenvalue weighted by molar-refractivity contribution is 9.10. The second-order valence-corrected chi connectivity index (χ2v) is 5.64. The summed E-state index contributed by atoms with van der Waals surface area (Å²) in [4.78, 5) is 0. The molecular weight excluding hydrogens is 278 g/mol. The Morgan fingerprint density at radius 3 is 2.59 bits per heavy atom. The molecule has 0 heterocycles. The summed E-state index contributed by atoms with van der Waals surface area (Å²) in [7, 11) is 1.96. The van der Waals surface area contributed by atoms with Crippen molar-refractivity contribution in [2.45, 2.75) is 33.2 Å². The van der Waals surface area contributed by atoms with Crippen molar-refractivity contribution in [1.29, 1.82) is 0 Å². The highest BCUT2D eigenvalue weighted by Crippen LogP contribution is 2.28. The van der Waals surface area contributed by atoms with Gasteiger partial charge in [-0.05, 0) is 44.5 Å². The maximum absolute atomic E-state index is 5.87. The minimum atomic E-state index is 0.293. The summed E-state index contributed by atoms with van der Waals surface area (Å²) < 4.78 is 6.95. The smallest absolute Gasteiger partial charge is 0.124 e. The molecule has 3 heteroatoms. The Labute approximate surface area is 113 Å². The first kappa shape index (κ1) is 14.5. The predicted molar refractivity (Wildman–Crippen MR) is 76.6 cm³/mol. The average molecular weight is 300 g/mol. The molecule has 0 aromatic heterocycles. The van der Waals surface area contributed by atoms with E-state index in [1.54, 1.807) is 0 Å². The van der Waals surface area contributed by atoms with Crippen molar-refractivity contribution >= 4 is 15.9 Å². The number of halogens is 1. The highest BCUT2D eigenvalue weighted by atomic mass is 79.9. The number of ether oxygens (including phenoxy) is 1. The molecular formula is C14H22BrNO. The van der Waals surface area contributed by atoms with Crippen LogP contribution in [0.2, 0.25) is 0 Å². The van der Waals surface area contributed by atoms with Gasteiger partial charge in [0, 0.05) is 16.1 Å². The van der Waals surface area contributed by atoms with Gasteiger partial charge >= 0.3 is 0 Å². The van der Waals surface area contributed by atoms with E-state index in [1.807, 2.05) is 19.2 Å². The van der Waals surface area contributed by atoms with E-state index < -0.39 is 0 Å². The van der Waals surface area contributed by atoms with Gasteiger partial charge in [-0.1, -0.05) is 29.8 Å². The molecule has 0 amide bonds. The van der Waals surface area contributed by atoms with Gasteiger partial charge in [-0.3, -0.25) is 0 Å². The Morgan fingerprint density at radius 2 is 2.00 bits per heavy atom. The van der Waals surface area contributed by atoms with Gasteiger partial charge in [-0.15, -0.1) is 0 Å². The standard InChI is InChI=1S/C14H22BrNO/c1-10(2)7-8-17-14-6-5-12(15)9-13(14)11(3)16-4/h5-6,9-11,16H,7-8H2,1-4H3. The van der Waals surface area contributed by atoms with Gasteiger partial charge in [0.05, 0.1) is 6.61 Å². The topological polar surface area (TPSA) is 21.3 Å². The van der Waals surface area contributed by atoms with Crippen LogP contribution in [0.15, 0.2) is 22.7 Å². The molecule has 0 saturated carbocycles. The Hall–Kier alpha value is -0.540. The summed E-state index contributed by atoms with van der Waals surface area (Å²) in [5, 5.41) is 3.25. The summed E-state index contributed by atoms with van der Waals surface area (Å²) >= 11 is 3.50. The Morgan fingerprint density at radius 1 is 1.29 bits per heavy atom. The summed E-state index contributed by atoms with van der Waals surface area (Å²) in [5.41, 5.74) is 1.20. The number of hydrogen-bond acceptors (Lipinski definition) is 2. The van der Waals surface area contributed by atoms with Crippen LogP contribution in [0.3, 0.4) is 0 Å². The van der Waals surface area contributed by atoms with Crippen molar-refractivity contribution in [2.75, 3.05) is 13.7 Å². The van der Waals surface area contributed by atoms with Crippen molar-refractivity contribution in [3.63, 3.8) is 0 Å². The summed E-state index contributed by atoms with van der Waals surface area (Å²) in [6, 6.07) is 6.47. The van der Waals surface area contributed by atoms with Crippen LogP contribution in [0.25, 0.3) is 0 Å². The molecule has 0 spiro atoms. The third-order valence-corrected chi connectivity index (χ3v) is 3.32. The van der Waals surface area contributed by atoms with E-state index in [2.05, 4.69) is 48.1 Å². The number of benzene rings is 1. The lowest BCUT2D eigenvalue weighted by molar-refractivity contribution is 0.285. The van der Waals surface area contributed by atoms with Gasteiger partial charge in [0.15, 0.2) is 0 Å². The van der Waals surface area contributed by atoms with Crippen molar-refractivity contribution in [2.24, 2.45) is 5.92 Å². The lowest BCUT2D eigenvalue weighted by Gasteiger charge is -2.17. The van der Waals surface area contributed by atoms with Crippen LogP contribution in [0.1, 0.15) is 38.8 Å². The van der Waals surface area contributed by atoms with Crippen LogP contribution in [0, 0.1) is 5.92 Å². The molecule has 96 valence electrons. The summed E-state index contributed by atoms with van der Waals surface area (Å²) in [6.07, 6.45) is 1.09. The Bertz CT molecular complexity index is 352. The highest BCUT2D eigenvalue weighted by Gasteiger charge is 2.10. The van der Waals surface area contributed by atoms with Gasteiger partial charge in [0.1, 0.15) is 5.75 Å². The molecule has 0 aliphatic heterocycles. The normalized spacial score (nSPS) is 12.8. The molecule has 1 atom stereocenters. The zero-order valence-corrected chi connectivity index (χ0v) is 12.7. The third-order valence-electron chi connectivity index (χ3n) is 2.82. The van der Waals surface area contributed by atoms with Crippen LogP contribution in [0.4, 0.5) is 0 Å². The molecule has 1 unspecified atom stereocenters. The van der Waals surface area contributed by atoms with Gasteiger partial charge in [-0.25, -0.2) is 0 Å². The van der Waals surface area contributed by atoms with E-state index in [-0.39, 0.29) is 0 Å². The van der Waals surface area contributed by atoms with Crippen molar-refractivity contribution in [1.82, 2.24) is 5.32 Å². The van der Waals surface area contributed by atoms with E-state index in [1.165, 1.54) is 5.56 Å². The Balaban J connectivity index is 2.76. The minimum Gasteiger partial charge on any atom is -0.493 e. The van der Waals surface area contributed by atoms with E-state index >= 15 is 0 Å². The fourth-order valence-electron chi connectivity index (χ4n) is 1.55. The lowest BCUT2D eigenvalue weighted by atomic mass is 10.1. The van der Waals surface area contributed by atoms with Crippen LogP contribution in [-0.2, 0) is 0 Å². The van der Waals surface area contributed by atoms with E-state index in [0.717, 1.165) is 23.2 Å². The Kier molecular flexibility index (Phi) is 6.00. The monoisotopic (exact) mass is 299 g/mol. The molecule has 0 bridgehead atoms. The number of nitrogens with one attached hydrogen (secondary N) is 1. The van der Waals surface area contributed by atoms with E-state index in [9.17, 15) is 0 Å². The molecule has 0 radical (unpaired) electrons. The zero-order valence-electron chi connectivity index (χ0n) is 11.1. The molecule has 1 aromatic rings. The quantitative estimate of drug-likeness (QED) is 0.852. The fourth-order valence-corrected chi connectivity index (χ4v) is 1.93. The van der Waals surface area contributed by atoms with Crippen molar-refractivity contribution < 1.29 is 4.74 Å². The second-order valence-electron chi connectivity index (χ2n) is 4.72. The van der Waals surface area contributed by atoms with Crippen molar-refractivity contribution in [3.8, 4) is 5.75 Å². The predicted octanol–water partition coefficient (Wildman–Crippen LogP) is 4.15. The molecule has 1 N–H and O–H groups in total. The maximum Gasteiger partial charge on any atom is 0.124 e. The van der Waals surface area contributed by atoms with Crippen LogP contribution < -0.4 is 10.1 Å². The fraction of sp³-hybridized carbons (Fsp3) is 0.571. The molecule has 0 aliphatic carbocycles. The largest absolute Gasteiger partial charge is 0.493 e. The summed E-state index contributed by atoms with van der Waals surface area (Å²) in [6.45, 7) is 7.34. The van der Waals surface area contributed by atoms with Crippen LogP contribution >= 0.6 is 15.9 Å². The molecule has 0 saturated heterocycles. The molecule has 1 rings (SSSR count). The molecule has 2 nitrogen and oxygen atoms in total. The molecule has 0 aliphatic rings. The van der Waals surface area contributed by atoms with E-state index in [4.69, 9.17) is 4.74 Å². The first-order valence-electron chi connectivity index (χ1n) is 6.14. The zero-order chi connectivity index (χ0) is 12.8. The minimum absolute atomic E-state index is 0.293. The maximum atomic E-state index is 5.87. The lowest BCUT2D eigenvalue weighted by Crippen LogP contribution is -2.14. The van der Waals surface area contributed by atoms with E-state index in [0.29, 0.717) is 12.0 Å². The van der Waals surface area contributed by atoms with Crippen LogP contribution in [-0.4, -0.2) is 13.7 Å². The first-order chi connectivity index (χ1) is 8.04. The molecule has 1 aromatic carbocycles. The SMILES string of the molecule is CNC(C)c1cc(Br)ccc1OCCC(C)C. The summed E-state index contributed by atoms with van der Waals surface area (Å²) in [5.74, 6) is 1.66. The van der Waals surface area contributed by atoms with Crippen LogP contribution in [0.5, 0.6) is 5.75 Å². The van der Waals surface area contributed by atoms with Gasteiger partial charge in [-0.2, -0.15) is 0 Å². The number of rotatable bonds is 6. The second kappa shape index (κ2) is 7.02.